The molecule has 3 aromatic rings. The Morgan fingerprint density at radius 3 is 2.21 bits per heavy atom. The fourth-order valence-electron chi connectivity index (χ4n) is 4.85. The van der Waals surface area contributed by atoms with E-state index in [-0.39, 0.29) is 23.7 Å². The van der Waals surface area contributed by atoms with Crippen molar-refractivity contribution >= 4 is 35.0 Å². The van der Waals surface area contributed by atoms with Crippen LogP contribution in [0, 0.1) is 5.41 Å². The summed E-state index contributed by atoms with van der Waals surface area (Å²) in [6.07, 6.45) is 4.63. The Morgan fingerprint density at radius 1 is 0.977 bits per heavy atom. The van der Waals surface area contributed by atoms with E-state index in [1.54, 1.807) is 55.5 Å². The number of nitrogens with one attached hydrogen (secondary N) is 1. The highest BCUT2D eigenvalue weighted by Gasteiger charge is 2.34. The van der Waals surface area contributed by atoms with Crippen molar-refractivity contribution in [2.45, 2.75) is 85.4 Å². The third-order valence-corrected chi connectivity index (χ3v) is 8.05. The highest BCUT2D eigenvalue weighted by atomic mass is 32.1. The lowest BCUT2D eigenvalue weighted by Crippen LogP contribution is -2.45. The van der Waals surface area contributed by atoms with Gasteiger partial charge in [0.25, 0.3) is 0 Å². The topological polar surface area (TPSA) is 111 Å². The molecule has 2 aromatic heterocycles. The number of hydrogen-bond donors (Lipinski definition) is 1. The number of ether oxygens (including phenoxy) is 2. The number of ketones is 1. The summed E-state index contributed by atoms with van der Waals surface area (Å²) in [7, 11) is 0. The van der Waals surface area contributed by atoms with E-state index in [1.165, 1.54) is 0 Å². The SMILES string of the molecule is CC1(Cc2ncc(C(=O)Cc3cc(-c4cccs4)ccc3NC(=O)OC(C)(C)C)cn2)CCN(C(=O)OC(C)(C)C)CC1. The van der Waals surface area contributed by atoms with E-state index in [2.05, 4.69) is 22.2 Å². The molecule has 0 spiro atoms. The van der Waals surface area contributed by atoms with Crippen LogP contribution in [0.25, 0.3) is 10.4 Å². The van der Waals surface area contributed by atoms with E-state index in [0.29, 0.717) is 42.1 Å². The number of thiophene rings is 1. The number of carbonyl (C=O) groups excluding carboxylic acids is 3. The molecular formula is C33H42N4O5S. The molecule has 3 heterocycles. The summed E-state index contributed by atoms with van der Waals surface area (Å²) in [5.41, 5.74) is 1.33. The summed E-state index contributed by atoms with van der Waals surface area (Å²) in [5.74, 6) is 0.510. The molecule has 0 aliphatic carbocycles. The number of aromatic nitrogens is 2. The van der Waals surface area contributed by atoms with Crippen LogP contribution in [0.3, 0.4) is 0 Å². The first kappa shape index (κ1) is 32.1. The standard InChI is InChI=1S/C33H42N4O5S/c1-31(2,3)41-29(39)36-25-11-10-22(27-9-8-16-43-27)17-23(25)18-26(38)24-20-34-28(35-21-24)19-33(7)12-14-37(15-13-33)30(40)42-32(4,5)6/h8-11,16-17,20-21H,12-15,18-19H2,1-7H3,(H,36,39). The van der Waals surface area contributed by atoms with Crippen LogP contribution in [-0.2, 0) is 22.3 Å². The maximum atomic E-state index is 13.4. The first-order valence-electron chi connectivity index (χ1n) is 14.6. The molecule has 43 heavy (non-hydrogen) atoms. The lowest BCUT2D eigenvalue weighted by Gasteiger charge is -2.39. The summed E-state index contributed by atoms with van der Waals surface area (Å²) in [6.45, 7) is 14.4. The molecular weight excluding hydrogens is 564 g/mol. The van der Waals surface area contributed by atoms with E-state index in [9.17, 15) is 14.4 Å². The molecule has 2 amide bonds. The first-order valence-corrected chi connectivity index (χ1v) is 15.5. The molecule has 1 aromatic carbocycles. The Bertz CT molecular complexity index is 1430. The van der Waals surface area contributed by atoms with Gasteiger partial charge >= 0.3 is 12.2 Å². The van der Waals surface area contributed by atoms with Gasteiger partial charge in [-0.05, 0) is 94.5 Å². The van der Waals surface area contributed by atoms with Crippen LogP contribution < -0.4 is 5.32 Å². The third-order valence-electron chi connectivity index (χ3n) is 7.13. The molecule has 1 saturated heterocycles. The Morgan fingerprint density at radius 2 is 1.63 bits per heavy atom. The number of anilines is 1. The van der Waals surface area contributed by atoms with Gasteiger partial charge in [-0.1, -0.05) is 19.1 Å². The maximum absolute atomic E-state index is 13.4. The van der Waals surface area contributed by atoms with Crippen molar-refractivity contribution in [2.24, 2.45) is 5.41 Å². The van der Waals surface area contributed by atoms with E-state index in [0.717, 1.165) is 23.3 Å². The minimum atomic E-state index is -0.651. The lowest BCUT2D eigenvalue weighted by atomic mass is 9.77. The minimum absolute atomic E-state index is 0.0608. The van der Waals surface area contributed by atoms with Gasteiger partial charge in [0.05, 0.1) is 5.56 Å². The van der Waals surface area contributed by atoms with Crippen LogP contribution in [0.4, 0.5) is 15.3 Å². The van der Waals surface area contributed by atoms with Gasteiger partial charge in [-0.15, -0.1) is 11.3 Å². The summed E-state index contributed by atoms with van der Waals surface area (Å²) in [6, 6.07) is 9.64. The van der Waals surface area contributed by atoms with E-state index in [1.807, 2.05) is 50.4 Å². The predicted octanol–water partition coefficient (Wildman–Crippen LogP) is 7.56. The van der Waals surface area contributed by atoms with Gasteiger partial charge in [-0.2, -0.15) is 0 Å². The number of likely N-dealkylation sites (tertiary alicyclic amines) is 1. The molecule has 1 N–H and O–H groups in total. The average Bonchev–Trinajstić information content (AvgIpc) is 3.43. The van der Waals surface area contributed by atoms with Crippen LogP contribution >= 0.6 is 11.3 Å². The molecule has 0 radical (unpaired) electrons. The van der Waals surface area contributed by atoms with Gasteiger partial charge in [-0.25, -0.2) is 19.6 Å². The summed E-state index contributed by atoms with van der Waals surface area (Å²) >= 11 is 1.60. The van der Waals surface area contributed by atoms with Crippen molar-refractivity contribution in [3.63, 3.8) is 0 Å². The van der Waals surface area contributed by atoms with Crippen molar-refractivity contribution in [1.82, 2.24) is 14.9 Å². The number of benzene rings is 1. The molecule has 4 rings (SSSR count). The zero-order valence-corrected chi connectivity index (χ0v) is 27.0. The fourth-order valence-corrected chi connectivity index (χ4v) is 5.57. The highest BCUT2D eigenvalue weighted by molar-refractivity contribution is 7.13. The normalized spacial score (nSPS) is 15.1. The monoisotopic (exact) mass is 606 g/mol. The number of nitrogens with zero attached hydrogens (tertiary/aromatic N) is 3. The summed E-state index contributed by atoms with van der Waals surface area (Å²) < 4.78 is 10.9. The zero-order valence-electron chi connectivity index (χ0n) is 26.2. The van der Waals surface area contributed by atoms with Gasteiger partial charge in [0.2, 0.25) is 0 Å². The van der Waals surface area contributed by atoms with Gasteiger partial charge < -0.3 is 14.4 Å². The van der Waals surface area contributed by atoms with Gasteiger partial charge in [0.1, 0.15) is 17.0 Å². The number of Topliss-reactive ketones (excluding diaryl/α,β-unsaturated/α-hetero) is 1. The molecule has 0 saturated carbocycles. The van der Waals surface area contributed by atoms with Gasteiger partial charge in [-0.3, -0.25) is 10.1 Å². The predicted molar refractivity (Wildman–Crippen MR) is 169 cm³/mol. The summed E-state index contributed by atoms with van der Waals surface area (Å²) in [4.78, 5) is 50.2. The van der Waals surface area contributed by atoms with Crippen LogP contribution in [0.2, 0.25) is 0 Å². The maximum Gasteiger partial charge on any atom is 0.412 e. The van der Waals surface area contributed by atoms with E-state index >= 15 is 0 Å². The van der Waals surface area contributed by atoms with E-state index < -0.39 is 17.3 Å². The Hall–Kier alpha value is -3.79. The van der Waals surface area contributed by atoms with Crippen LogP contribution in [0.1, 0.15) is 83.1 Å². The van der Waals surface area contributed by atoms with Gasteiger partial charge in [0, 0.05) is 48.9 Å². The van der Waals surface area contributed by atoms with Crippen LogP contribution in [0.15, 0.2) is 48.1 Å². The second kappa shape index (κ2) is 12.8. The van der Waals surface area contributed by atoms with Crippen LogP contribution in [0.5, 0.6) is 0 Å². The second-order valence-electron chi connectivity index (χ2n) is 13.4. The third kappa shape index (κ3) is 9.35. The number of rotatable bonds is 7. The minimum Gasteiger partial charge on any atom is -0.444 e. The Kier molecular flexibility index (Phi) is 9.59. The molecule has 1 aliphatic heterocycles. The average molecular weight is 607 g/mol. The number of carbonyl (C=O) groups is 3. The van der Waals surface area contributed by atoms with Crippen LogP contribution in [-0.4, -0.2) is 57.1 Å². The number of amides is 2. The molecule has 10 heteroatoms. The van der Waals surface area contributed by atoms with Crippen molar-refractivity contribution in [3.05, 3.63) is 65.1 Å². The fraction of sp³-hybridized carbons (Fsp3) is 0.485. The zero-order chi connectivity index (χ0) is 31.4. The Labute approximate surface area is 258 Å². The smallest absolute Gasteiger partial charge is 0.412 e. The Balaban J connectivity index is 1.42. The van der Waals surface area contributed by atoms with Gasteiger partial charge in [0.15, 0.2) is 5.78 Å². The van der Waals surface area contributed by atoms with Crippen molar-refractivity contribution < 1.29 is 23.9 Å². The largest absolute Gasteiger partial charge is 0.444 e. The van der Waals surface area contributed by atoms with Crippen molar-refractivity contribution in [2.75, 3.05) is 18.4 Å². The second-order valence-corrected chi connectivity index (χ2v) is 14.4. The van der Waals surface area contributed by atoms with Crippen molar-refractivity contribution in [3.8, 4) is 10.4 Å². The molecule has 0 atom stereocenters. The molecule has 1 aliphatic rings. The molecule has 1 fully saturated rings. The lowest BCUT2D eigenvalue weighted by molar-refractivity contribution is 0.0117. The van der Waals surface area contributed by atoms with Crippen molar-refractivity contribution in [1.29, 1.82) is 0 Å². The molecule has 230 valence electrons. The molecule has 0 unspecified atom stereocenters. The quantitative estimate of drug-likeness (QED) is 0.276. The van der Waals surface area contributed by atoms with E-state index in [4.69, 9.17) is 9.47 Å². The molecule has 0 bridgehead atoms. The first-order chi connectivity index (χ1) is 20.1. The molecule has 9 nitrogen and oxygen atoms in total. The number of hydrogen-bond acceptors (Lipinski definition) is 8. The number of piperidine rings is 1. The highest BCUT2D eigenvalue weighted by Crippen LogP contribution is 2.34. The summed E-state index contributed by atoms with van der Waals surface area (Å²) in [5, 5.41) is 4.80.